The van der Waals surface area contributed by atoms with Crippen LogP contribution in [0.25, 0.3) is 23.3 Å². The summed E-state index contributed by atoms with van der Waals surface area (Å²) in [5.41, 5.74) is 9.66. The number of amides is 1. The third-order valence-electron chi connectivity index (χ3n) is 4.91. The average Bonchev–Trinajstić information content (AvgIpc) is 2.71. The highest BCUT2D eigenvalue weighted by molar-refractivity contribution is 5.93. The molecule has 1 amide bonds. The molecule has 0 aliphatic rings. The largest absolute Gasteiger partial charge is 0.496 e. The van der Waals surface area contributed by atoms with Crippen molar-refractivity contribution in [2.75, 3.05) is 7.11 Å². The number of nitrogens with one attached hydrogen (secondary N) is 1. The predicted molar refractivity (Wildman–Crippen MR) is 122 cm³/mol. The van der Waals surface area contributed by atoms with Crippen molar-refractivity contribution in [3.8, 4) is 16.9 Å². The lowest BCUT2D eigenvalue weighted by Gasteiger charge is -2.24. The number of aromatic nitrogens is 1. The van der Waals surface area contributed by atoms with Crippen molar-refractivity contribution in [1.29, 1.82) is 0 Å². The van der Waals surface area contributed by atoms with Crippen LogP contribution in [0.2, 0.25) is 0 Å². The molecule has 0 bridgehead atoms. The molecule has 0 spiro atoms. The maximum absolute atomic E-state index is 12.4. The Labute approximate surface area is 176 Å². The van der Waals surface area contributed by atoms with E-state index in [2.05, 4.69) is 25.8 Å². The first-order chi connectivity index (χ1) is 14.2. The number of carbonyl (C=O) groups is 1. The summed E-state index contributed by atoms with van der Waals surface area (Å²) in [5.74, 6) is 0.311. The quantitative estimate of drug-likeness (QED) is 0.611. The van der Waals surface area contributed by atoms with E-state index in [1.54, 1.807) is 25.4 Å². The standard InChI is InChI=1S/C25H26N2O3/c1-25(2,3)21-15-19(20-6-5-13-27-24(20)29)14-18(22(21)30-4)12-9-16-7-10-17(11-8-16)23(26)28/h5-15H,1-4H3,(H2,26,28)(H,27,29). The van der Waals surface area contributed by atoms with Gasteiger partial charge in [0.05, 0.1) is 7.11 Å². The third-order valence-corrected chi connectivity index (χ3v) is 4.91. The van der Waals surface area contributed by atoms with Gasteiger partial charge in [-0.3, -0.25) is 9.59 Å². The van der Waals surface area contributed by atoms with Crippen LogP contribution in [0.5, 0.6) is 5.75 Å². The van der Waals surface area contributed by atoms with Gasteiger partial charge in [0.1, 0.15) is 5.75 Å². The summed E-state index contributed by atoms with van der Waals surface area (Å²) < 4.78 is 5.76. The first-order valence-electron chi connectivity index (χ1n) is 9.69. The van der Waals surface area contributed by atoms with Crippen molar-refractivity contribution in [3.63, 3.8) is 0 Å². The number of methoxy groups -OCH3 is 1. The van der Waals surface area contributed by atoms with Crippen LogP contribution < -0.4 is 16.0 Å². The summed E-state index contributed by atoms with van der Waals surface area (Å²) in [6, 6.07) is 14.6. The Morgan fingerprint density at radius 3 is 2.33 bits per heavy atom. The molecule has 0 saturated heterocycles. The van der Waals surface area contributed by atoms with Crippen molar-refractivity contribution in [3.05, 3.63) is 87.3 Å². The summed E-state index contributed by atoms with van der Waals surface area (Å²) in [7, 11) is 1.65. The lowest BCUT2D eigenvalue weighted by Crippen LogP contribution is -2.15. The monoisotopic (exact) mass is 402 g/mol. The number of benzene rings is 2. The Balaban J connectivity index is 2.14. The number of H-pyrrole nitrogens is 1. The maximum Gasteiger partial charge on any atom is 0.255 e. The molecule has 1 heterocycles. The maximum atomic E-state index is 12.4. The summed E-state index contributed by atoms with van der Waals surface area (Å²) in [4.78, 5) is 26.4. The zero-order valence-corrected chi connectivity index (χ0v) is 17.7. The lowest BCUT2D eigenvalue weighted by molar-refractivity contribution is 0.100. The van der Waals surface area contributed by atoms with Gasteiger partial charge in [0.15, 0.2) is 0 Å². The molecule has 0 aliphatic heterocycles. The number of carbonyl (C=O) groups excluding carboxylic acids is 1. The SMILES string of the molecule is COc1c(C=Cc2ccc(C(N)=O)cc2)cc(-c2ccc[nH]c2=O)cc1C(C)(C)C. The lowest BCUT2D eigenvalue weighted by atomic mass is 9.83. The third kappa shape index (κ3) is 4.51. The van der Waals surface area contributed by atoms with Crippen molar-refractivity contribution in [2.45, 2.75) is 26.2 Å². The summed E-state index contributed by atoms with van der Waals surface area (Å²) in [6.07, 6.45) is 5.51. The summed E-state index contributed by atoms with van der Waals surface area (Å²) >= 11 is 0. The van der Waals surface area contributed by atoms with E-state index >= 15 is 0 Å². The second kappa shape index (κ2) is 8.41. The van der Waals surface area contributed by atoms with Crippen LogP contribution in [0.1, 0.15) is 47.8 Å². The fourth-order valence-electron chi connectivity index (χ4n) is 3.31. The van der Waals surface area contributed by atoms with Crippen LogP contribution in [0.4, 0.5) is 0 Å². The predicted octanol–water partition coefficient (Wildman–Crippen LogP) is 4.62. The number of rotatable bonds is 5. The summed E-state index contributed by atoms with van der Waals surface area (Å²) in [6.45, 7) is 6.33. The highest BCUT2D eigenvalue weighted by Gasteiger charge is 2.22. The molecule has 0 aliphatic carbocycles. The van der Waals surface area contributed by atoms with Gasteiger partial charge in [-0.2, -0.15) is 0 Å². The molecular formula is C25H26N2O3. The van der Waals surface area contributed by atoms with E-state index in [1.165, 1.54) is 0 Å². The fraction of sp³-hybridized carbons (Fsp3) is 0.200. The Kier molecular flexibility index (Phi) is 5.92. The Morgan fingerprint density at radius 1 is 1.07 bits per heavy atom. The zero-order chi connectivity index (χ0) is 21.9. The van der Waals surface area contributed by atoms with E-state index in [0.29, 0.717) is 11.1 Å². The van der Waals surface area contributed by atoms with Crippen LogP contribution in [0.3, 0.4) is 0 Å². The zero-order valence-electron chi connectivity index (χ0n) is 17.7. The highest BCUT2D eigenvalue weighted by atomic mass is 16.5. The van der Waals surface area contributed by atoms with Crippen molar-refractivity contribution < 1.29 is 9.53 Å². The Morgan fingerprint density at radius 2 is 1.77 bits per heavy atom. The first-order valence-corrected chi connectivity index (χ1v) is 9.69. The van der Waals surface area contributed by atoms with Gasteiger partial charge in [0.25, 0.3) is 5.56 Å². The van der Waals surface area contributed by atoms with Crippen LogP contribution in [0, 0.1) is 0 Å². The molecule has 0 atom stereocenters. The molecule has 0 fully saturated rings. The molecule has 1 aromatic heterocycles. The molecule has 0 saturated carbocycles. The number of aromatic amines is 1. The van der Waals surface area contributed by atoms with Crippen LogP contribution in [-0.2, 0) is 5.41 Å². The second-order valence-corrected chi connectivity index (χ2v) is 8.13. The molecule has 0 unspecified atom stereocenters. The minimum absolute atomic E-state index is 0.139. The van der Waals surface area contributed by atoms with Crippen LogP contribution in [0.15, 0.2) is 59.5 Å². The van der Waals surface area contributed by atoms with Gasteiger partial charge in [-0.15, -0.1) is 0 Å². The molecule has 3 rings (SSSR count). The van der Waals surface area contributed by atoms with Gasteiger partial charge in [-0.25, -0.2) is 0 Å². The van der Waals surface area contributed by atoms with Crippen LogP contribution >= 0.6 is 0 Å². The number of hydrogen-bond donors (Lipinski definition) is 2. The van der Waals surface area contributed by atoms with Gasteiger partial charge in [0, 0.05) is 28.5 Å². The van der Waals surface area contributed by atoms with E-state index < -0.39 is 5.91 Å². The van der Waals surface area contributed by atoms with Gasteiger partial charge in [-0.1, -0.05) is 45.1 Å². The van der Waals surface area contributed by atoms with Crippen molar-refractivity contribution >= 4 is 18.1 Å². The molecule has 2 aromatic carbocycles. The molecule has 5 heteroatoms. The van der Waals surface area contributed by atoms with E-state index in [9.17, 15) is 9.59 Å². The fourth-order valence-corrected chi connectivity index (χ4v) is 3.31. The Hall–Kier alpha value is -3.60. The van der Waals surface area contributed by atoms with E-state index in [1.807, 2.05) is 48.6 Å². The number of hydrogen-bond acceptors (Lipinski definition) is 3. The average molecular weight is 402 g/mol. The van der Waals surface area contributed by atoms with Gasteiger partial charge >= 0.3 is 0 Å². The molecule has 30 heavy (non-hydrogen) atoms. The van der Waals surface area contributed by atoms with E-state index in [-0.39, 0.29) is 11.0 Å². The van der Waals surface area contributed by atoms with Crippen molar-refractivity contribution in [2.24, 2.45) is 5.73 Å². The molecule has 3 aromatic rings. The highest BCUT2D eigenvalue weighted by Crippen LogP contribution is 2.38. The Bertz CT molecular complexity index is 1150. The number of ether oxygens (including phenoxy) is 1. The summed E-state index contributed by atoms with van der Waals surface area (Å²) in [5, 5.41) is 0. The smallest absolute Gasteiger partial charge is 0.255 e. The van der Waals surface area contributed by atoms with Crippen LogP contribution in [-0.4, -0.2) is 18.0 Å². The van der Waals surface area contributed by atoms with Gasteiger partial charge in [-0.05, 0) is 52.9 Å². The molecular weight excluding hydrogens is 376 g/mol. The van der Waals surface area contributed by atoms with Gasteiger partial charge in [0.2, 0.25) is 5.91 Å². The normalized spacial score (nSPS) is 11.6. The number of nitrogens with two attached hydrogens (primary N) is 1. The van der Waals surface area contributed by atoms with E-state index in [4.69, 9.17) is 10.5 Å². The number of pyridine rings is 1. The topological polar surface area (TPSA) is 85.2 Å². The molecule has 5 nitrogen and oxygen atoms in total. The van der Waals surface area contributed by atoms with Gasteiger partial charge < -0.3 is 15.5 Å². The minimum Gasteiger partial charge on any atom is -0.496 e. The van der Waals surface area contributed by atoms with Crippen molar-refractivity contribution in [1.82, 2.24) is 4.98 Å². The minimum atomic E-state index is -0.456. The molecule has 154 valence electrons. The second-order valence-electron chi connectivity index (χ2n) is 8.13. The van der Waals surface area contributed by atoms with E-state index in [0.717, 1.165) is 28.0 Å². The molecule has 3 N–H and O–H groups in total. The number of primary amides is 1. The first kappa shape index (κ1) is 21.1. The molecule has 0 radical (unpaired) electrons.